The average molecular weight is 400 g/mol. The van der Waals surface area contributed by atoms with Gasteiger partial charge in [-0.3, -0.25) is 0 Å². The number of nitrogens with one attached hydrogen (secondary N) is 1. The second kappa shape index (κ2) is 8.24. The fourth-order valence-electron chi connectivity index (χ4n) is 2.61. The number of rotatable bonds is 6. The molecule has 0 heterocycles. The highest BCUT2D eigenvalue weighted by Crippen LogP contribution is 2.25. The Balaban J connectivity index is 2.81. The van der Waals surface area contributed by atoms with Crippen molar-refractivity contribution < 1.29 is 14.3 Å². The van der Waals surface area contributed by atoms with Crippen molar-refractivity contribution in [2.45, 2.75) is 66.0 Å². The van der Waals surface area contributed by atoms with Gasteiger partial charge in [-0.2, -0.15) is 0 Å². The number of carbonyl (C=O) groups is 1. The number of alkyl carbamates (subject to hydrolysis) is 1. The molecule has 1 rings (SSSR count). The number of halogens is 1. The van der Waals surface area contributed by atoms with Gasteiger partial charge in [-0.05, 0) is 70.7 Å². The number of carbonyl (C=O) groups excluding carboxylic acids is 1. The van der Waals surface area contributed by atoms with Crippen molar-refractivity contribution in [2.24, 2.45) is 5.92 Å². The highest BCUT2D eigenvalue weighted by Gasteiger charge is 2.31. The molecule has 4 nitrogen and oxygen atoms in total. The summed E-state index contributed by atoms with van der Waals surface area (Å²) in [6.45, 7) is 14.2. The van der Waals surface area contributed by atoms with Gasteiger partial charge >= 0.3 is 6.09 Å². The number of aryl methyl sites for hydroxylation is 1. The van der Waals surface area contributed by atoms with Gasteiger partial charge < -0.3 is 14.8 Å². The third kappa shape index (κ3) is 7.56. The van der Waals surface area contributed by atoms with Gasteiger partial charge in [0, 0.05) is 4.47 Å². The Morgan fingerprint density at radius 1 is 1.25 bits per heavy atom. The summed E-state index contributed by atoms with van der Waals surface area (Å²) in [6, 6.07) is 5.89. The number of hydrogen-bond donors (Lipinski definition) is 1. The van der Waals surface area contributed by atoms with Gasteiger partial charge in [0.2, 0.25) is 0 Å². The highest BCUT2D eigenvalue weighted by molar-refractivity contribution is 9.10. The molecule has 1 amide bonds. The highest BCUT2D eigenvalue weighted by atomic mass is 79.9. The van der Waals surface area contributed by atoms with Crippen LogP contribution in [-0.4, -0.2) is 23.8 Å². The molecule has 0 aliphatic rings. The zero-order valence-corrected chi connectivity index (χ0v) is 17.4. The minimum atomic E-state index is -0.522. The van der Waals surface area contributed by atoms with Crippen LogP contribution in [0.5, 0.6) is 5.75 Å². The van der Waals surface area contributed by atoms with Crippen molar-refractivity contribution in [3.63, 3.8) is 0 Å². The Labute approximate surface area is 154 Å². The average Bonchev–Trinajstić information content (AvgIpc) is 2.33. The van der Waals surface area contributed by atoms with E-state index in [0.717, 1.165) is 22.2 Å². The minimum Gasteiger partial charge on any atom is -0.491 e. The molecule has 0 aromatic heterocycles. The van der Waals surface area contributed by atoms with Crippen molar-refractivity contribution in [3.8, 4) is 5.75 Å². The lowest BCUT2D eigenvalue weighted by molar-refractivity contribution is 0.0408. The second-order valence-corrected chi connectivity index (χ2v) is 8.90. The van der Waals surface area contributed by atoms with Crippen LogP contribution in [0.2, 0.25) is 0 Å². The molecule has 0 fully saturated rings. The molecule has 0 spiro atoms. The van der Waals surface area contributed by atoms with E-state index in [2.05, 4.69) is 35.1 Å². The van der Waals surface area contributed by atoms with Gasteiger partial charge in [-0.1, -0.05) is 29.8 Å². The fraction of sp³-hybridized carbons (Fsp3) is 0.632. The molecule has 136 valence electrons. The summed E-state index contributed by atoms with van der Waals surface area (Å²) in [5.41, 5.74) is 0.0238. The number of hydrogen-bond acceptors (Lipinski definition) is 3. The number of amides is 1. The summed E-state index contributed by atoms with van der Waals surface area (Å²) in [5.74, 6) is 1.23. The normalized spacial score (nSPS) is 14.2. The third-order valence-corrected chi connectivity index (χ3v) is 3.84. The van der Waals surface area contributed by atoms with E-state index < -0.39 is 17.2 Å². The van der Waals surface area contributed by atoms with Gasteiger partial charge in [-0.15, -0.1) is 0 Å². The van der Waals surface area contributed by atoms with Gasteiger partial charge in [-0.25, -0.2) is 4.79 Å². The summed E-state index contributed by atoms with van der Waals surface area (Å²) in [5, 5.41) is 2.99. The third-order valence-electron chi connectivity index (χ3n) is 3.34. The zero-order valence-electron chi connectivity index (χ0n) is 15.8. The van der Waals surface area contributed by atoms with Crippen LogP contribution in [0.25, 0.3) is 0 Å². The summed E-state index contributed by atoms with van der Waals surface area (Å²) >= 11 is 3.45. The van der Waals surface area contributed by atoms with Gasteiger partial charge in [0.25, 0.3) is 0 Å². The molecule has 1 unspecified atom stereocenters. The lowest BCUT2D eigenvalue weighted by Crippen LogP contribution is -2.52. The summed E-state index contributed by atoms with van der Waals surface area (Å²) in [6.07, 6.45) is 0.378. The van der Waals surface area contributed by atoms with Crippen molar-refractivity contribution >= 4 is 22.0 Å². The van der Waals surface area contributed by atoms with E-state index in [9.17, 15) is 4.79 Å². The summed E-state index contributed by atoms with van der Waals surface area (Å²) < 4.78 is 12.4. The first-order chi connectivity index (χ1) is 10.9. The maximum Gasteiger partial charge on any atom is 0.408 e. The molecule has 1 aromatic carbocycles. The molecule has 0 aliphatic carbocycles. The molecule has 1 atom stereocenters. The largest absolute Gasteiger partial charge is 0.491 e. The van der Waals surface area contributed by atoms with Crippen molar-refractivity contribution in [1.82, 2.24) is 5.32 Å². The monoisotopic (exact) mass is 399 g/mol. The first-order valence-electron chi connectivity index (χ1n) is 8.30. The zero-order chi connectivity index (χ0) is 18.5. The SMILES string of the molecule is Cc1cc(Br)ccc1OCC(C)(CC(C)C)NC(=O)OC(C)(C)C. The number of ether oxygens (including phenoxy) is 2. The molecule has 1 N–H and O–H groups in total. The first-order valence-corrected chi connectivity index (χ1v) is 9.10. The first kappa shape index (κ1) is 20.8. The van der Waals surface area contributed by atoms with E-state index >= 15 is 0 Å². The van der Waals surface area contributed by atoms with Crippen LogP contribution < -0.4 is 10.1 Å². The van der Waals surface area contributed by atoms with E-state index in [1.807, 2.05) is 52.8 Å². The van der Waals surface area contributed by atoms with Crippen LogP contribution >= 0.6 is 15.9 Å². The maximum absolute atomic E-state index is 12.2. The predicted octanol–water partition coefficient (Wildman–Crippen LogP) is 5.47. The van der Waals surface area contributed by atoms with Crippen LogP contribution in [-0.2, 0) is 4.74 Å². The summed E-state index contributed by atoms with van der Waals surface area (Å²) in [4.78, 5) is 12.2. The molecule has 0 saturated carbocycles. The van der Waals surface area contributed by atoms with E-state index in [0.29, 0.717) is 12.5 Å². The Morgan fingerprint density at radius 3 is 2.38 bits per heavy atom. The van der Waals surface area contributed by atoms with Crippen molar-refractivity contribution in [3.05, 3.63) is 28.2 Å². The van der Waals surface area contributed by atoms with Crippen LogP contribution in [0, 0.1) is 12.8 Å². The summed E-state index contributed by atoms with van der Waals surface area (Å²) in [7, 11) is 0. The van der Waals surface area contributed by atoms with Gasteiger partial charge in [0.05, 0.1) is 5.54 Å². The Morgan fingerprint density at radius 2 is 1.88 bits per heavy atom. The quantitative estimate of drug-likeness (QED) is 0.689. The van der Waals surface area contributed by atoms with E-state index in [4.69, 9.17) is 9.47 Å². The van der Waals surface area contributed by atoms with Crippen molar-refractivity contribution in [2.75, 3.05) is 6.61 Å². The Bertz CT molecular complexity index is 566. The van der Waals surface area contributed by atoms with Gasteiger partial charge in [0.1, 0.15) is 18.0 Å². The smallest absolute Gasteiger partial charge is 0.408 e. The standard InChI is InChI=1S/C19H30BrNO3/c1-13(2)11-19(7,21-17(22)24-18(4,5)6)12-23-16-9-8-15(20)10-14(16)3/h8-10,13H,11-12H2,1-7H3,(H,21,22). The lowest BCUT2D eigenvalue weighted by Gasteiger charge is -2.33. The minimum absolute atomic E-state index is 0.382. The predicted molar refractivity (Wildman–Crippen MR) is 102 cm³/mol. The van der Waals surface area contributed by atoms with E-state index in [1.165, 1.54) is 0 Å². The fourth-order valence-corrected chi connectivity index (χ4v) is 3.08. The Kier molecular flexibility index (Phi) is 7.14. The molecule has 0 saturated heterocycles. The topological polar surface area (TPSA) is 47.6 Å². The van der Waals surface area contributed by atoms with Crippen LogP contribution in [0.1, 0.15) is 53.5 Å². The van der Waals surface area contributed by atoms with Gasteiger partial charge in [0.15, 0.2) is 0 Å². The molecular formula is C19H30BrNO3. The molecule has 5 heteroatoms. The molecule has 1 aromatic rings. The van der Waals surface area contributed by atoms with E-state index in [1.54, 1.807) is 0 Å². The van der Waals surface area contributed by atoms with Crippen LogP contribution in [0.15, 0.2) is 22.7 Å². The lowest BCUT2D eigenvalue weighted by atomic mass is 9.91. The van der Waals surface area contributed by atoms with Crippen LogP contribution in [0.3, 0.4) is 0 Å². The van der Waals surface area contributed by atoms with E-state index in [-0.39, 0.29) is 0 Å². The second-order valence-electron chi connectivity index (χ2n) is 7.98. The molecule has 24 heavy (non-hydrogen) atoms. The Hall–Kier alpha value is -1.23. The van der Waals surface area contributed by atoms with Crippen LogP contribution in [0.4, 0.5) is 4.79 Å². The molecular weight excluding hydrogens is 370 g/mol. The number of benzene rings is 1. The molecule has 0 aliphatic heterocycles. The molecule has 0 bridgehead atoms. The van der Waals surface area contributed by atoms with Crippen molar-refractivity contribution in [1.29, 1.82) is 0 Å². The maximum atomic E-state index is 12.2. The molecule has 0 radical (unpaired) electrons.